The first kappa shape index (κ1) is 9.55. The summed E-state index contributed by atoms with van der Waals surface area (Å²) in [5, 5.41) is 14.5. The zero-order chi connectivity index (χ0) is 10.7. The Labute approximate surface area is 90.5 Å². The van der Waals surface area contributed by atoms with Gasteiger partial charge in [-0.3, -0.25) is 0 Å². The van der Waals surface area contributed by atoms with Crippen LogP contribution in [0.4, 0.5) is 5.82 Å². The molecule has 0 aromatic carbocycles. The van der Waals surface area contributed by atoms with Gasteiger partial charge in [-0.25, -0.2) is 4.98 Å². The summed E-state index contributed by atoms with van der Waals surface area (Å²) in [4.78, 5) is 4.75. The lowest BCUT2D eigenvalue weighted by molar-refractivity contribution is 0.857. The van der Waals surface area contributed by atoms with E-state index < -0.39 is 0 Å². The smallest absolute Gasteiger partial charge is 0.155 e. The normalized spacial score (nSPS) is 9.80. The van der Waals surface area contributed by atoms with Gasteiger partial charge >= 0.3 is 0 Å². The van der Waals surface area contributed by atoms with Crippen LogP contribution < -0.4 is 5.73 Å². The van der Waals surface area contributed by atoms with Crippen molar-refractivity contribution in [3.63, 3.8) is 0 Å². The molecular weight excluding hydrogens is 210 g/mol. The molecular formula is C9H7N5S. The van der Waals surface area contributed by atoms with Crippen molar-refractivity contribution >= 4 is 17.6 Å². The van der Waals surface area contributed by atoms with Crippen molar-refractivity contribution in [2.24, 2.45) is 0 Å². The monoisotopic (exact) mass is 217 g/mol. The number of nitrogens with two attached hydrogens (primary N) is 1. The molecule has 0 unspecified atom stereocenters. The third-order valence-corrected chi connectivity index (χ3v) is 2.42. The molecule has 2 aromatic heterocycles. The van der Waals surface area contributed by atoms with Crippen LogP contribution in [-0.2, 0) is 0 Å². The van der Waals surface area contributed by atoms with Gasteiger partial charge in [0.2, 0.25) is 0 Å². The summed E-state index contributed by atoms with van der Waals surface area (Å²) >= 11 is 0.987. The molecule has 0 radical (unpaired) electrons. The lowest BCUT2D eigenvalue weighted by Crippen LogP contribution is -2.03. The van der Waals surface area contributed by atoms with Gasteiger partial charge < -0.3 is 5.73 Å². The second kappa shape index (κ2) is 4.02. The number of aromatic nitrogens is 3. The molecule has 2 rings (SSSR count). The highest BCUT2D eigenvalue weighted by molar-refractivity contribution is 8.03. The number of nitrogens with zero attached hydrogens (tertiary/aromatic N) is 4. The van der Waals surface area contributed by atoms with Crippen molar-refractivity contribution in [3.8, 4) is 11.2 Å². The molecule has 2 aromatic rings. The lowest BCUT2D eigenvalue weighted by atomic mass is 10.5. The maximum absolute atomic E-state index is 8.53. The quantitative estimate of drug-likeness (QED) is 0.607. The Balaban J connectivity index is 2.43. The maximum Gasteiger partial charge on any atom is 0.155 e. The summed E-state index contributed by atoms with van der Waals surface area (Å²) in [6.07, 6.45) is 3.21. The van der Waals surface area contributed by atoms with E-state index in [0.717, 1.165) is 11.8 Å². The molecule has 2 N–H and O–H groups in total. The Morgan fingerprint density at radius 2 is 2.33 bits per heavy atom. The molecule has 15 heavy (non-hydrogen) atoms. The van der Waals surface area contributed by atoms with E-state index >= 15 is 0 Å². The fourth-order valence-electron chi connectivity index (χ4n) is 1.13. The molecule has 0 spiro atoms. The van der Waals surface area contributed by atoms with Gasteiger partial charge in [-0.15, -0.1) is 0 Å². The molecule has 0 atom stereocenters. The zero-order valence-corrected chi connectivity index (χ0v) is 8.48. The summed E-state index contributed by atoms with van der Waals surface area (Å²) in [5.41, 5.74) is 5.81. The third-order valence-electron chi connectivity index (χ3n) is 1.79. The fourth-order valence-corrected chi connectivity index (χ4v) is 1.52. The van der Waals surface area contributed by atoms with Gasteiger partial charge in [0.15, 0.2) is 5.82 Å². The Kier molecular flexibility index (Phi) is 2.56. The van der Waals surface area contributed by atoms with E-state index in [2.05, 4.69) is 10.1 Å². The maximum atomic E-state index is 8.53. The molecule has 0 saturated heterocycles. The molecule has 0 aliphatic carbocycles. The number of thiocyanates is 1. The van der Waals surface area contributed by atoms with E-state index in [0.29, 0.717) is 16.5 Å². The summed E-state index contributed by atoms with van der Waals surface area (Å²) in [5.74, 6) is 1.07. The largest absolute Gasteiger partial charge is 0.383 e. The highest BCUT2D eigenvalue weighted by Crippen LogP contribution is 2.24. The summed E-state index contributed by atoms with van der Waals surface area (Å²) < 4.78 is 1.50. The van der Waals surface area contributed by atoms with E-state index in [-0.39, 0.29) is 0 Å². The fraction of sp³-hybridized carbons (Fsp3) is 0. The Morgan fingerprint density at radius 1 is 1.47 bits per heavy atom. The number of nitriles is 1. The van der Waals surface area contributed by atoms with Gasteiger partial charge in [0, 0.05) is 6.20 Å². The van der Waals surface area contributed by atoms with Crippen molar-refractivity contribution in [2.75, 3.05) is 5.73 Å². The van der Waals surface area contributed by atoms with Crippen LogP contribution in [0, 0.1) is 10.7 Å². The predicted molar refractivity (Wildman–Crippen MR) is 57.2 cm³/mol. The molecule has 0 fully saturated rings. The highest BCUT2D eigenvalue weighted by Gasteiger charge is 2.09. The molecule has 5 nitrogen and oxygen atoms in total. The minimum absolute atomic E-state index is 0.431. The second-order valence-electron chi connectivity index (χ2n) is 2.69. The second-order valence-corrected chi connectivity index (χ2v) is 3.51. The van der Waals surface area contributed by atoms with Crippen LogP contribution in [0.25, 0.3) is 5.82 Å². The molecule has 0 saturated carbocycles. The van der Waals surface area contributed by atoms with Crippen LogP contribution in [0.15, 0.2) is 35.5 Å². The van der Waals surface area contributed by atoms with Gasteiger partial charge in [0.25, 0.3) is 0 Å². The number of anilines is 1. The van der Waals surface area contributed by atoms with Crippen molar-refractivity contribution in [1.82, 2.24) is 14.8 Å². The van der Waals surface area contributed by atoms with Crippen LogP contribution >= 0.6 is 11.8 Å². The standard InChI is InChI=1S/C9H7N5S/c10-6-15-7-5-13-14(9(7)11)8-3-1-2-4-12-8/h1-5H,11H2. The summed E-state index contributed by atoms with van der Waals surface area (Å²) in [6.45, 7) is 0. The Morgan fingerprint density at radius 3 is 3.00 bits per heavy atom. The van der Waals surface area contributed by atoms with Crippen LogP contribution in [0.5, 0.6) is 0 Å². The molecule has 0 aliphatic heterocycles. The van der Waals surface area contributed by atoms with Crippen LogP contribution in [-0.4, -0.2) is 14.8 Å². The van der Waals surface area contributed by atoms with Crippen molar-refractivity contribution in [3.05, 3.63) is 30.6 Å². The average Bonchev–Trinajstić information content (AvgIpc) is 2.63. The Bertz CT molecular complexity index is 499. The van der Waals surface area contributed by atoms with E-state index in [1.165, 1.54) is 4.68 Å². The number of hydrogen-bond donors (Lipinski definition) is 1. The van der Waals surface area contributed by atoms with Crippen molar-refractivity contribution in [1.29, 1.82) is 5.26 Å². The minimum Gasteiger partial charge on any atom is -0.383 e. The predicted octanol–water partition coefficient (Wildman–Crippen LogP) is 1.42. The van der Waals surface area contributed by atoms with E-state index in [4.69, 9.17) is 11.0 Å². The molecule has 74 valence electrons. The van der Waals surface area contributed by atoms with Crippen molar-refractivity contribution < 1.29 is 0 Å². The first-order valence-electron chi connectivity index (χ1n) is 4.14. The highest BCUT2D eigenvalue weighted by atomic mass is 32.2. The number of pyridine rings is 1. The topological polar surface area (TPSA) is 80.5 Å². The van der Waals surface area contributed by atoms with Gasteiger partial charge in [-0.1, -0.05) is 6.07 Å². The number of rotatable bonds is 2. The number of thioether (sulfide) groups is 1. The molecule has 0 bridgehead atoms. The number of hydrogen-bond acceptors (Lipinski definition) is 5. The van der Waals surface area contributed by atoms with Gasteiger partial charge in [-0.05, 0) is 23.9 Å². The number of nitrogen functional groups attached to an aromatic ring is 1. The van der Waals surface area contributed by atoms with Crippen LogP contribution in [0.1, 0.15) is 0 Å². The van der Waals surface area contributed by atoms with E-state index in [9.17, 15) is 0 Å². The molecule has 6 heteroatoms. The zero-order valence-electron chi connectivity index (χ0n) is 7.66. The SMILES string of the molecule is N#CSc1cnn(-c2ccccn2)c1N. The minimum atomic E-state index is 0.431. The summed E-state index contributed by atoms with van der Waals surface area (Å²) in [7, 11) is 0. The van der Waals surface area contributed by atoms with Gasteiger partial charge in [-0.2, -0.15) is 15.0 Å². The van der Waals surface area contributed by atoms with Gasteiger partial charge in [0.1, 0.15) is 11.2 Å². The molecule has 0 aliphatic rings. The molecule has 2 heterocycles. The molecule has 0 amide bonds. The average molecular weight is 217 g/mol. The van der Waals surface area contributed by atoms with E-state index in [1.54, 1.807) is 18.5 Å². The van der Waals surface area contributed by atoms with Gasteiger partial charge in [0.05, 0.1) is 11.1 Å². The third kappa shape index (κ3) is 1.78. The van der Waals surface area contributed by atoms with Crippen LogP contribution in [0.3, 0.4) is 0 Å². The van der Waals surface area contributed by atoms with Crippen molar-refractivity contribution in [2.45, 2.75) is 4.90 Å². The first-order chi connectivity index (χ1) is 7.33. The first-order valence-corrected chi connectivity index (χ1v) is 4.95. The van der Waals surface area contributed by atoms with Crippen LogP contribution in [0.2, 0.25) is 0 Å². The summed E-state index contributed by atoms with van der Waals surface area (Å²) in [6, 6.07) is 5.46. The van der Waals surface area contributed by atoms with E-state index in [1.807, 2.05) is 17.5 Å². The Hall–Kier alpha value is -2.00. The lowest BCUT2D eigenvalue weighted by Gasteiger charge is -2.01.